The largest absolute Gasteiger partial charge is 0.469 e. The van der Waals surface area contributed by atoms with Crippen molar-refractivity contribution in [2.45, 2.75) is 62.7 Å². The molecule has 2 unspecified atom stereocenters. The monoisotopic (exact) mass is 530 g/mol. The predicted octanol–water partition coefficient (Wildman–Crippen LogP) is 3.94. The molecule has 3 aliphatic rings. The zero-order valence-electron chi connectivity index (χ0n) is 21.5. The molecule has 3 heterocycles. The number of piperidine rings is 1. The lowest BCUT2D eigenvalue weighted by Gasteiger charge is -2.39. The van der Waals surface area contributed by atoms with Gasteiger partial charge in [0, 0.05) is 43.1 Å². The number of nitrogens with two attached hydrogens (primary N) is 1. The number of anilines is 1. The number of carbonyl (C=O) groups is 2. The molecule has 2 fully saturated rings. The van der Waals surface area contributed by atoms with E-state index in [0.717, 1.165) is 50.2 Å². The molecule has 204 valence electrons. The minimum absolute atomic E-state index is 0.0712. The second-order valence-corrected chi connectivity index (χ2v) is 10.7. The summed E-state index contributed by atoms with van der Waals surface area (Å²) in [6, 6.07) is 8.70. The molecule has 5 rings (SSSR count). The summed E-state index contributed by atoms with van der Waals surface area (Å²) in [5.74, 6) is -0.339. The van der Waals surface area contributed by atoms with E-state index in [9.17, 15) is 22.8 Å². The molecule has 0 radical (unpaired) electrons. The van der Waals surface area contributed by atoms with Crippen molar-refractivity contribution in [1.29, 1.82) is 0 Å². The summed E-state index contributed by atoms with van der Waals surface area (Å²) < 4.78 is 44.9. The maximum Gasteiger partial charge on any atom is 0.417 e. The van der Waals surface area contributed by atoms with Crippen LogP contribution in [0.4, 0.5) is 18.9 Å². The number of nitrogen functional groups attached to an aromatic ring is 1. The Morgan fingerprint density at radius 1 is 1.13 bits per heavy atom. The Hall–Kier alpha value is -3.14. The number of pyridine rings is 1. The highest BCUT2D eigenvalue weighted by atomic mass is 19.4. The van der Waals surface area contributed by atoms with Crippen LogP contribution in [0.15, 0.2) is 36.5 Å². The highest BCUT2D eigenvalue weighted by Gasteiger charge is 2.50. The summed E-state index contributed by atoms with van der Waals surface area (Å²) in [5.41, 5.74) is 6.99. The number of carbonyl (C=O) groups excluding carboxylic acids is 2. The third kappa shape index (κ3) is 4.98. The Bertz CT molecular complexity index is 1210. The van der Waals surface area contributed by atoms with Crippen LogP contribution in [0.3, 0.4) is 0 Å². The number of ether oxygens (including phenoxy) is 1. The summed E-state index contributed by atoms with van der Waals surface area (Å²) in [6.07, 6.45) is 0.278. The number of benzene rings is 1. The highest BCUT2D eigenvalue weighted by molar-refractivity contribution is 5.89. The molecule has 0 spiro atoms. The first-order valence-corrected chi connectivity index (χ1v) is 13.1. The van der Waals surface area contributed by atoms with Crippen molar-refractivity contribution in [2.75, 3.05) is 32.5 Å². The third-order valence-electron chi connectivity index (χ3n) is 8.57. The van der Waals surface area contributed by atoms with Gasteiger partial charge in [0.05, 0.1) is 24.0 Å². The molecular formula is C28H33F3N4O3. The molecule has 1 saturated carbocycles. The van der Waals surface area contributed by atoms with Crippen molar-refractivity contribution >= 4 is 17.6 Å². The second-order valence-electron chi connectivity index (χ2n) is 10.7. The van der Waals surface area contributed by atoms with Crippen LogP contribution >= 0.6 is 0 Å². The van der Waals surface area contributed by atoms with Crippen LogP contribution in [-0.2, 0) is 38.9 Å². The number of aromatic nitrogens is 1. The first kappa shape index (κ1) is 26.5. The standard InChI is InChI=1S/C28H33F3N4O3/c1-38-25(36)18-6-10-34(11-7-18)23-5-9-27(15-23,20-3-2-4-22(32)14-20)26(37)35-12-8-24-19(17-35)13-21(16-33-24)28(29,30)31/h2-4,13-14,16,18,23H,5-12,15,17,32H2,1H3. The Labute approximate surface area is 220 Å². The fourth-order valence-electron chi connectivity index (χ4n) is 6.47. The van der Waals surface area contributed by atoms with Gasteiger partial charge in [-0.2, -0.15) is 13.2 Å². The van der Waals surface area contributed by atoms with Gasteiger partial charge in [-0.15, -0.1) is 0 Å². The van der Waals surface area contributed by atoms with Gasteiger partial charge >= 0.3 is 12.1 Å². The lowest BCUT2D eigenvalue weighted by Crippen LogP contribution is -2.49. The number of halogens is 3. The molecular weight excluding hydrogens is 497 g/mol. The van der Waals surface area contributed by atoms with Gasteiger partial charge in [0.15, 0.2) is 0 Å². The van der Waals surface area contributed by atoms with Crippen molar-refractivity contribution < 1.29 is 27.5 Å². The number of likely N-dealkylation sites (tertiary alicyclic amines) is 1. The fourth-order valence-corrected chi connectivity index (χ4v) is 6.47. The Kier molecular flexibility index (Phi) is 7.11. The Morgan fingerprint density at radius 2 is 1.89 bits per heavy atom. The van der Waals surface area contributed by atoms with Crippen molar-refractivity contribution in [3.8, 4) is 0 Å². The maximum absolute atomic E-state index is 14.3. The van der Waals surface area contributed by atoms with E-state index in [2.05, 4.69) is 9.88 Å². The minimum atomic E-state index is -4.49. The molecule has 2 atom stereocenters. The molecule has 2 aromatic rings. The van der Waals surface area contributed by atoms with Gasteiger partial charge in [0.1, 0.15) is 0 Å². The van der Waals surface area contributed by atoms with E-state index in [1.165, 1.54) is 7.11 Å². The molecule has 7 nitrogen and oxygen atoms in total. The number of alkyl halides is 3. The first-order valence-electron chi connectivity index (χ1n) is 13.1. The average Bonchev–Trinajstić information content (AvgIpc) is 3.38. The smallest absolute Gasteiger partial charge is 0.417 e. The van der Waals surface area contributed by atoms with E-state index in [0.29, 0.717) is 42.8 Å². The van der Waals surface area contributed by atoms with E-state index < -0.39 is 17.2 Å². The molecule has 1 saturated heterocycles. The predicted molar refractivity (Wildman–Crippen MR) is 135 cm³/mol. The lowest BCUT2D eigenvalue weighted by atomic mass is 9.76. The molecule has 1 amide bonds. The van der Waals surface area contributed by atoms with Gasteiger partial charge in [-0.05, 0) is 74.5 Å². The Balaban J connectivity index is 1.39. The summed E-state index contributed by atoms with van der Waals surface area (Å²) in [4.78, 5) is 34.4. The number of hydrogen-bond donors (Lipinski definition) is 1. The van der Waals surface area contributed by atoms with Gasteiger partial charge in [-0.3, -0.25) is 14.6 Å². The van der Waals surface area contributed by atoms with Crippen LogP contribution in [0.5, 0.6) is 0 Å². The van der Waals surface area contributed by atoms with Crippen LogP contribution in [0.2, 0.25) is 0 Å². The third-order valence-corrected chi connectivity index (χ3v) is 8.57. The van der Waals surface area contributed by atoms with Crippen molar-refractivity contribution in [3.63, 3.8) is 0 Å². The topological polar surface area (TPSA) is 88.8 Å². The number of nitrogens with zero attached hydrogens (tertiary/aromatic N) is 3. The molecule has 0 bridgehead atoms. The average molecular weight is 531 g/mol. The van der Waals surface area contributed by atoms with Gasteiger partial charge in [0.2, 0.25) is 5.91 Å². The number of methoxy groups -OCH3 is 1. The second kappa shape index (κ2) is 10.2. The van der Waals surface area contributed by atoms with E-state index >= 15 is 0 Å². The van der Waals surface area contributed by atoms with Crippen molar-refractivity contribution in [2.24, 2.45) is 5.92 Å². The van der Waals surface area contributed by atoms with Crippen molar-refractivity contribution in [3.05, 3.63) is 58.9 Å². The zero-order valence-corrected chi connectivity index (χ0v) is 21.5. The summed E-state index contributed by atoms with van der Waals surface area (Å²) in [6.45, 7) is 2.02. The molecule has 2 N–H and O–H groups in total. The molecule has 38 heavy (non-hydrogen) atoms. The molecule has 1 aromatic carbocycles. The van der Waals surface area contributed by atoms with Gasteiger partial charge in [-0.1, -0.05) is 12.1 Å². The molecule has 1 aromatic heterocycles. The number of esters is 1. The van der Waals surface area contributed by atoms with E-state index in [1.54, 1.807) is 11.0 Å². The van der Waals surface area contributed by atoms with Gasteiger partial charge in [0.25, 0.3) is 0 Å². The van der Waals surface area contributed by atoms with Crippen LogP contribution < -0.4 is 5.73 Å². The van der Waals surface area contributed by atoms with E-state index in [4.69, 9.17) is 10.5 Å². The number of fused-ring (bicyclic) bond motifs is 1. The lowest BCUT2D eigenvalue weighted by molar-refractivity contribution is -0.147. The first-order chi connectivity index (χ1) is 18.1. The van der Waals surface area contributed by atoms with E-state index in [1.807, 2.05) is 18.2 Å². The summed E-state index contributed by atoms with van der Waals surface area (Å²) >= 11 is 0. The molecule has 10 heteroatoms. The highest BCUT2D eigenvalue weighted by Crippen LogP contribution is 2.46. The SMILES string of the molecule is COC(=O)C1CCN(C2CCC(C(=O)N3CCc4ncc(C(F)(F)F)cc4C3)(c3cccc(N)c3)C2)CC1. The van der Waals surface area contributed by atoms with Gasteiger partial charge in [-0.25, -0.2) is 0 Å². The normalized spacial score (nSPS) is 24.7. The molecule has 2 aliphatic heterocycles. The van der Waals surface area contributed by atoms with E-state index in [-0.39, 0.29) is 30.4 Å². The van der Waals surface area contributed by atoms with Crippen molar-refractivity contribution in [1.82, 2.24) is 14.8 Å². The quantitative estimate of drug-likeness (QED) is 0.476. The zero-order chi connectivity index (χ0) is 27.1. The summed E-state index contributed by atoms with van der Waals surface area (Å²) in [7, 11) is 1.41. The number of hydrogen-bond acceptors (Lipinski definition) is 6. The van der Waals surface area contributed by atoms with Crippen LogP contribution in [0.25, 0.3) is 0 Å². The van der Waals surface area contributed by atoms with Gasteiger partial charge < -0.3 is 20.3 Å². The fraction of sp³-hybridized carbons (Fsp3) is 0.536. The maximum atomic E-state index is 14.3. The van der Waals surface area contributed by atoms with Crippen LogP contribution in [0, 0.1) is 5.92 Å². The van der Waals surface area contributed by atoms with Crippen LogP contribution in [-0.4, -0.2) is 59.4 Å². The number of amides is 1. The molecule has 1 aliphatic carbocycles. The Morgan fingerprint density at radius 3 is 2.58 bits per heavy atom. The minimum Gasteiger partial charge on any atom is -0.469 e. The summed E-state index contributed by atoms with van der Waals surface area (Å²) in [5, 5.41) is 0. The van der Waals surface area contributed by atoms with Crippen LogP contribution in [0.1, 0.15) is 54.5 Å². The number of rotatable bonds is 4.